The molecule has 4 nitrogen and oxygen atoms in total. The molecule has 1 aliphatic rings. The van der Waals surface area contributed by atoms with Crippen molar-refractivity contribution in [1.29, 1.82) is 0 Å². The van der Waals surface area contributed by atoms with E-state index >= 15 is 0 Å². The Kier molecular flexibility index (Phi) is 6.23. The van der Waals surface area contributed by atoms with Crippen LogP contribution in [0.3, 0.4) is 0 Å². The van der Waals surface area contributed by atoms with Crippen molar-refractivity contribution < 1.29 is 18.0 Å². The minimum atomic E-state index is -4.19. The van der Waals surface area contributed by atoms with Gasteiger partial charge >= 0.3 is 6.18 Å². The van der Waals surface area contributed by atoms with Gasteiger partial charge in [0.1, 0.15) is 0 Å². The molecule has 2 rings (SSSR count). The molecule has 1 heterocycles. The van der Waals surface area contributed by atoms with Gasteiger partial charge in [-0.15, -0.1) is 0 Å². The van der Waals surface area contributed by atoms with Crippen LogP contribution in [0.2, 0.25) is 0 Å². The van der Waals surface area contributed by atoms with E-state index in [0.717, 1.165) is 12.0 Å². The van der Waals surface area contributed by atoms with Crippen molar-refractivity contribution in [3.05, 3.63) is 35.4 Å². The van der Waals surface area contributed by atoms with Gasteiger partial charge in [-0.2, -0.15) is 13.2 Å². The molecule has 0 bridgehead atoms. The molecule has 1 unspecified atom stereocenters. The smallest absolute Gasteiger partial charge is 0.338 e. The summed E-state index contributed by atoms with van der Waals surface area (Å²) in [6.45, 7) is 3.07. The van der Waals surface area contributed by atoms with Crippen LogP contribution < -0.4 is 5.73 Å². The fourth-order valence-electron chi connectivity index (χ4n) is 3.06. The van der Waals surface area contributed by atoms with E-state index in [-0.39, 0.29) is 11.8 Å². The molecule has 24 heavy (non-hydrogen) atoms. The molecule has 1 aromatic rings. The van der Waals surface area contributed by atoms with Crippen LogP contribution in [0.5, 0.6) is 0 Å². The number of rotatable bonds is 6. The maximum absolute atomic E-state index is 12.5. The Hall–Kier alpha value is -1.60. The molecular formula is C17H24F3N3O. The normalized spacial score (nSPS) is 18.4. The average molecular weight is 343 g/mol. The standard InChI is InChI=1S/C17H24F3N3O/c1-2-22(12-17(18,19)20)10-14-7-8-23(11-14)16(24)15-5-3-13(9-21)4-6-15/h3-6,14H,2,7-12,21H2,1H3. The highest BCUT2D eigenvalue weighted by Crippen LogP contribution is 2.22. The predicted molar refractivity (Wildman–Crippen MR) is 86.5 cm³/mol. The Morgan fingerprint density at radius 3 is 2.54 bits per heavy atom. The number of likely N-dealkylation sites (tertiary alicyclic amines) is 1. The van der Waals surface area contributed by atoms with Gasteiger partial charge in [0.15, 0.2) is 0 Å². The molecule has 0 aromatic heterocycles. The number of nitrogens with two attached hydrogens (primary N) is 1. The Bertz CT molecular complexity index is 545. The molecule has 1 atom stereocenters. The Labute approximate surface area is 140 Å². The van der Waals surface area contributed by atoms with Crippen LogP contribution in [0.4, 0.5) is 13.2 Å². The van der Waals surface area contributed by atoms with Crippen LogP contribution in [-0.2, 0) is 6.54 Å². The van der Waals surface area contributed by atoms with E-state index in [2.05, 4.69) is 0 Å². The highest BCUT2D eigenvalue weighted by Gasteiger charge is 2.33. The number of nitrogens with zero attached hydrogens (tertiary/aromatic N) is 2. The van der Waals surface area contributed by atoms with Gasteiger partial charge in [0.05, 0.1) is 6.54 Å². The van der Waals surface area contributed by atoms with Crippen molar-refractivity contribution in [2.45, 2.75) is 26.1 Å². The van der Waals surface area contributed by atoms with Crippen molar-refractivity contribution in [2.24, 2.45) is 11.7 Å². The van der Waals surface area contributed by atoms with Crippen molar-refractivity contribution in [3.8, 4) is 0 Å². The summed E-state index contributed by atoms with van der Waals surface area (Å²) >= 11 is 0. The molecule has 1 aromatic carbocycles. The van der Waals surface area contributed by atoms with Crippen LogP contribution in [0.15, 0.2) is 24.3 Å². The van der Waals surface area contributed by atoms with Crippen molar-refractivity contribution in [1.82, 2.24) is 9.80 Å². The fraction of sp³-hybridized carbons (Fsp3) is 0.588. The Balaban J connectivity index is 1.90. The van der Waals surface area contributed by atoms with E-state index in [4.69, 9.17) is 5.73 Å². The first-order valence-corrected chi connectivity index (χ1v) is 8.19. The summed E-state index contributed by atoms with van der Waals surface area (Å²) in [7, 11) is 0. The summed E-state index contributed by atoms with van der Waals surface area (Å²) in [4.78, 5) is 15.6. The maximum atomic E-state index is 12.5. The molecule has 1 amide bonds. The van der Waals surface area contributed by atoms with E-state index < -0.39 is 12.7 Å². The number of halogens is 3. The minimum Gasteiger partial charge on any atom is -0.338 e. The minimum absolute atomic E-state index is 0.0695. The van der Waals surface area contributed by atoms with Gasteiger partial charge in [0, 0.05) is 31.7 Å². The van der Waals surface area contributed by atoms with Gasteiger partial charge < -0.3 is 10.6 Å². The van der Waals surface area contributed by atoms with Crippen LogP contribution in [0.1, 0.15) is 29.3 Å². The van der Waals surface area contributed by atoms with Crippen molar-refractivity contribution in [2.75, 3.05) is 32.7 Å². The van der Waals surface area contributed by atoms with E-state index in [1.54, 1.807) is 24.0 Å². The molecule has 0 spiro atoms. The number of carbonyl (C=O) groups is 1. The molecule has 0 aliphatic carbocycles. The molecule has 134 valence electrons. The Morgan fingerprint density at radius 2 is 2.00 bits per heavy atom. The monoisotopic (exact) mass is 343 g/mol. The van der Waals surface area contributed by atoms with Crippen LogP contribution in [0, 0.1) is 5.92 Å². The second-order valence-electron chi connectivity index (χ2n) is 6.25. The van der Waals surface area contributed by atoms with Crippen LogP contribution >= 0.6 is 0 Å². The topological polar surface area (TPSA) is 49.6 Å². The number of hydrogen-bond acceptors (Lipinski definition) is 3. The van der Waals surface area contributed by atoms with E-state index in [1.807, 2.05) is 12.1 Å². The number of carbonyl (C=O) groups excluding carboxylic acids is 1. The van der Waals surface area contributed by atoms with Gasteiger partial charge in [0.2, 0.25) is 0 Å². The molecule has 2 N–H and O–H groups in total. The van der Waals surface area contributed by atoms with Gasteiger partial charge in [0.25, 0.3) is 5.91 Å². The lowest BCUT2D eigenvalue weighted by molar-refractivity contribution is -0.146. The van der Waals surface area contributed by atoms with E-state index in [0.29, 0.717) is 38.3 Å². The lowest BCUT2D eigenvalue weighted by Gasteiger charge is -2.25. The highest BCUT2D eigenvalue weighted by molar-refractivity contribution is 5.94. The van der Waals surface area contributed by atoms with Gasteiger partial charge in [-0.25, -0.2) is 0 Å². The summed E-state index contributed by atoms with van der Waals surface area (Å²) in [5.41, 5.74) is 7.09. The third-order valence-electron chi connectivity index (χ3n) is 4.38. The van der Waals surface area contributed by atoms with Crippen LogP contribution in [0.25, 0.3) is 0 Å². The predicted octanol–water partition coefficient (Wildman–Crippen LogP) is 2.49. The van der Waals surface area contributed by atoms with E-state index in [1.165, 1.54) is 4.90 Å². The lowest BCUT2D eigenvalue weighted by Crippen LogP contribution is -2.38. The third kappa shape index (κ3) is 5.21. The van der Waals surface area contributed by atoms with E-state index in [9.17, 15) is 18.0 Å². The van der Waals surface area contributed by atoms with Crippen molar-refractivity contribution in [3.63, 3.8) is 0 Å². The molecule has 1 fully saturated rings. The molecule has 0 saturated carbocycles. The molecule has 0 radical (unpaired) electrons. The van der Waals surface area contributed by atoms with Gasteiger partial charge in [-0.1, -0.05) is 19.1 Å². The summed E-state index contributed by atoms with van der Waals surface area (Å²) in [6.07, 6.45) is -3.45. The summed E-state index contributed by atoms with van der Waals surface area (Å²) in [5, 5.41) is 0. The largest absolute Gasteiger partial charge is 0.401 e. The van der Waals surface area contributed by atoms with Gasteiger partial charge in [-0.3, -0.25) is 9.69 Å². The SMILES string of the molecule is CCN(CC1CCN(C(=O)c2ccc(CN)cc2)C1)CC(F)(F)F. The highest BCUT2D eigenvalue weighted by atomic mass is 19.4. The number of hydrogen-bond donors (Lipinski definition) is 1. The lowest BCUT2D eigenvalue weighted by atomic mass is 10.1. The van der Waals surface area contributed by atoms with Crippen molar-refractivity contribution >= 4 is 5.91 Å². The number of alkyl halides is 3. The van der Waals surface area contributed by atoms with Crippen LogP contribution in [-0.4, -0.2) is 54.6 Å². The number of amides is 1. The first-order chi connectivity index (χ1) is 11.3. The zero-order chi connectivity index (χ0) is 17.7. The molecule has 7 heteroatoms. The quantitative estimate of drug-likeness (QED) is 0.863. The maximum Gasteiger partial charge on any atom is 0.401 e. The zero-order valence-corrected chi connectivity index (χ0v) is 13.9. The second kappa shape index (κ2) is 7.98. The summed E-state index contributed by atoms with van der Waals surface area (Å²) < 4.78 is 37.6. The Morgan fingerprint density at radius 1 is 1.33 bits per heavy atom. The first kappa shape index (κ1) is 18.7. The first-order valence-electron chi connectivity index (χ1n) is 8.19. The van der Waals surface area contributed by atoms with Gasteiger partial charge in [-0.05, 0) is 36.6 Å². The third-order valence-corrected chi connectivity index (χ3v) is 4.38. The second-order valence-corrected chi connectivity index (χ2v) is 6.25. The fourth-order valence-corrected chi connectivity index (χ4v) is 3.06. The molecule has 1 aliphatic heterocycles. The summed E-state index contributed by atoms with van der Waals surface area (Å²) in [6, 6.07) is 7.14. The average Bonchev–Trinajstić information content (AvgIpc) is 3.01. The zero-order valence-electron chi connectivity index (χ0n) is 13.9. The molecular weight excluding hydrogens is 319 g/mol. The molecule has 1 saturated heterocycles. The number of benzene rings is 1. The summed E-state index contributed by atoms with van der Waals surface area (Å²) in [5.74, 6) is 0.0134.